The molecule has 2 aromatic heterocycles. The van der Waals surface area contributed by atoms with Crippen LogP contribution in [-0.2, 0) is 28.7 Å². The number of carbonyl (C=O) groups is 2. The summed E-state index contributed by atoms with van der Waals surface area (Å²) < 4.78 is 38.3. The van der Waals surface area contributed by atoms with E-state index in [9.17, 15) is 22.8 Å². The molecule has 0 radical (unpaired) electrons. The zero-order valence-corrected chi connectivity index (χ0v) is 19.3. The Balaban J connectivity index is 1.17. The molecular weight excluding hydrogens is 473 g/mol. The maximum atomic E-state index is 13.0. The molecule has 1 saturated heterocycles. The average Bonchev–Trinajstić information content (AvgIpc) is 2.88. The van der Waals surface area contributed by atoms with Crippen molar-refractivity contribution in [1.29, 1.82) is 0 Å². The number of hydrogen-bond acceptors (Lipinski definition) is 6. The molecule has 8 nitrogen and oxygen atoms in total. The van der Waals surface area contributed by atoms with Crippen LogP contribution >= 0.6 is 0 Å². The molecule has 36 heavy (non-hydrogen) atoms. The molecule has 1 aromatic carbocycles. The number of aromatic nitrogens is 3. The third kappa shape index (κ3) is 5.06. The summed E-state index contributed by atoms with van der Waals surface area (Å²) in [7, 11) is 0. The summed E-state index contributed by atoms with van der Waals surface area (Å²) in [5.74, 6) is 0.420. The highest BCUT2D eigenvalue weighted by Gasteiger charge is 2.33. The second kappa shape index (κ2) is 9.65. The summed E-state index contributed by atoms with van der Waals surface area (Å²) in [6.45, 7) is 1.66. The number of halogens is 3. The van der Waals surface area contributed by atoms with E-state index in [1.54, 1.807) is 16.0 Å². The van der Waals surface area contributed by atoms with Crippen molar-refractivity contribution in [3.05, 3.63) is 71.7 Å². The molecule has 1 fully saturated rings. The van der Waals surface area contributed by atoms with E-state index in [4.69, 9.17) is 0 Å². The minimum atomic E-state index is -4.49. The number of amides is 2. The first-order valence-electron chi connectivity index (χ1n) is 11.5. The maximum absolute atomic E-state index is 13.0. The van der Waals surface area contributed by atoms with Crippen molar-refractivity contribution in [2.75, 3.05) is 37.6 Å². The largest absolute Gasteiger partial charge is 0.417 e. The molecule has 5 rings (SSSR count). The van der Waals surface area contributed by atoms with E-state index in [2.05, 4.69) is 15.0 Å². The van der Waals surface area contributed by atoms with Crippen LogP contribution in [0.3, 0.4) is 0 Å². The lowest BCUT2D eigenvalue weighted by Crippen LogP contribution is -2.53. The molecule has 2 aliphatic heterocycles. The molecule has 0 bridgehead atoms. The van der Waals surface area contributed by atoms with Crippen LogP contribution in [0.25, 0.3) is 11.4 Å². The fourth-order valence-electron chi connectivity index (χ4n) is 4.36. The minimum Gasteiger partial charge on any atom is -0.337 e. The Hall–Kier alpha value is -3.86. The molecule has 0 aliphatic carbocycles. The standard InChI is InChI=1S/C25H23F3N6O2/c26-25(27,28)19-6-7-21(29-13-19)34-11-10-32(16-23(34)36)15-22(35)33-9-8-20-18(14-33)12-30-24(31-20)17-4-2-1-3-5-17/h1-7,12-13H,8-11,14-16H2. The molecule has 2 amide bonds. The first-order chi connectivity index (χ1) is 17.3. The lowest BCUT2D eigenvalue weighted by Gasteiger charge is -2.35. The van der Waals surface area contributed by atoms with Gasteiger partial charge in [0, 0.05) is 56.1 Å². The molecule has 3 aromatic rings. The van der Waals surface area contributed by atoms with Gasteiger partial charge in [0.25, 0.3) is 0 Å². The van der Waals surface area contributed by atoms with E-state index in [0.717, 1.165) is 29.1 Å². The summed E-state index contributed by atoms with van der Waals surface area (Å²) >= 11 is 0. The second-order valence-electron chi connectivity index (χ2n) is 8.76. The van der Waals surface area contributed by atoms with E-state index in [0.29, 0.717) is 31.9 Å². The SMILES string of the molecule is O=C(CN1CCN(c2ccc(C(F)(F)F)cn2)C(=O)C1)N1CCc2nc(-c3ccccc3)ncc2C1. The van der Waals surface area contributed by atoms with Crippen molar-refractivity contribution < 1.29 is 22.8 Å². The third-order valence-electron chi connectivity index (χ3n) is 6.33. The second-order valence-corrected chi connectivity index (χ2v) is 8.76. The average molecular weight is 496 g/mol. The van der Waals surface area contributed by atoms with Crippen molar-refractivity contribution in [3.8, 4) is 11.4 Å². The molecule has 11 heteroatoms. The number of fused-ring (bicyclic) bond motifs is 1. The fourth-order valence-corrected chi connectivity index (χ4v) is 4.36. The Bertz CT molecular complexity index is 1270. The number of alkyl halides is 3. The highest BCUT2D eigenvalue weighted by Crippen LogP contribution is 2.29. The van der Waals surface area contributed by atoms with Gasteiger partial charge in [-0.15, -0.1) is 0 Å². The molecule has 0 N–H and O–H groups in total. The van der Waals surface area contributed by atoms with Gasteiger partial charge in [-0.25, -0.2) is 15.0 Å². The Morgan fingerprint density at radius 2 is 1.75 bits per heavy atom. The zero-order chi connectivity index (χ0) is 25.3. The lowest BCUT2D eigenvalue weighted by molar-refractivity contribution is -0.138. The smallest absolute Gasteiger partial charge is 0.337 e. The monoisotopic (exact) mass is 496 g/mol. The minimum absolute atomic E-state index is 0.0115. The quantitative estimate of drug-likeness (QED) is 0.553. The highest BCUT2D eigenvalue weighted by molar-refractivity contribution is 5.95. The molecule has 0 unspecified atom stereocenters. The van der Waals surface area contributed by atoms with E-state index < -0.39 is 11.7 Å². The van der Waals surface area contributed by atoms with Gasteiger partial charge < -0.3 is 4.90 Å². The lowest BCUT2D eigenvalue weighted by atomic mass is 10.1. The normalized spacial score (nSPS) is 16.7. The summed E-state index contributed by atoms with van der Waals surface area (Å²) in [6.07, 6.45) is -1.38. The predicted molar refractivity (Wildman–Crippen MR) is 125 cm³/mol. The van der Waals surface area contributed by atoms with Crippen LogP contribution in [0.4, 0.5) is 19.0 Å². The summed E-state index contributed by atoms with van der Waals surface area (Å²) in [5, 5.41) is 0. The topological polar surface area (TPSA) is 82.5 Å². The zero-order valence-electron chi connectivity index (χ0n) is 19.3. The summed E-state index contributed by atoms with van der Waals surface area (Å²) in [5.41, 5.74) is 1.91. The van der Waals surface area contributed by atoms with Crippen LogP contribution in [0.2, 0.25) is 0 Å². The van der Waals surface area contributed by atoms with Crippen molar-refractivity contribution >= 4 is 17.6 Å². The van der Waals surface area contributed by atoms with Crippen molar-refractivity contribution in [2.45, 2.75) is 19.1 Å². The van der Waals surface area contributed by atoms with Crippen molar-refractivity contribution in [2.24, 2.45) is 0 Å². The van der Waals surface area contributed by atoms with E-state index in [1.165, 1.54) is 11.0 Å². The molecule has 186 valence electrons. The van der Waals surface area contributed by atoms with Crippen LogP contribution in [0.15, 0.2) is 54.9 Å². The Kier molecular flexibility index (Phi) is 6.40. The van der Waals surface area contributed by atoms with E-state index in [1.807, 2.05) is 30.3 Å². The highest BCUT2D eigenvalue weighted by atomic mass is 19.4. The Labute approximate surface area is 205 Å². The van der Waals surface area contributed by atoms with Crippen molar-refractivity contribution in [1.82, 2.24) is 24.8 Å². The predicted octanol–water partition coefficient (Wildman–Crippen LogP) is 2.79. The van der Waals surface area contributed by atoms with Gasteiger partial charge in [0.1, 0.15) is 5.82 Å². The summed E-state index contributed by atoms with van der Waals surface area (Å²) in [4.78, 5) is 43.4. The van der Waals surface area contributed by atoms with Crippen LogP contribution in [0.1, 0.15) is 16.8 Å². The number of rotatable bonds is 4. The third-order valence-corrected chi connectivity index (χ3v) is 6.33. The van der Waals surface area contributed by atoms with Gasteiger partial charge in [0.2, 0.25) is 11.8 Å². The number of hydrogen-bond donors (Lipinski definition) is 0. The van der Waals surface area contributed by atoms with E-state index >= 15 is 0 Å². The first-order valence-corrected chi connectivity index (χ1v) is 11.5. The van der Waals surface area contributed by atoms with Gasteiger partial charge in [-0.2, -0.15) is 13.2 Å². The number of carbonyl (C=O) groups excluding carboxylic acids is 2. The van der Waals surface area contributed by atoms with Crippen molar-refractivity contribution in [3.63, 3.8) is 0 Å². The number of anilines is 1. The van der Waals surface area contributed by atoms with Gasteiger partial charge in [-0.3, -0.25) is 19.4 Å². The van der Waals surface area contributed by atoms with Gasteiger partial charge in [0.15, 0.2) is 5.82 Å². The van der Waals surface area contributed by atoms with Gasteiger partial charge in [-0.1, -0.05) is 30.3 Å². The maximum Gasteiger partial charge on any atom is 0.417 e. The van der Waals surface area contributed by atoms with Gasteiger partial charge >= 0.3 is 6.18 Å². The van der Waals surface area contributed by atoms with Crippen LogP contribution in [0, 0.1) is 0 Å². The van der Waals surface area contributed by atoms with Crippen LogP contribution < -0.4 is 4.90 Å². The number of piperazine rings is 1. The van der Waals surface area contributed by atoms with Gasteiger partial charge in [0.05, 0.1) is 24.3 Å². The van der Waals surface area contributed by atoms with Gasteiger partial charge in [-0.05, 0) is 12.1 Å². The molecular formula is C25H23F3N6O2. The Morgan fingerprint density at radius 3 is 2.44 bits per heavy atom. The molecule has 4 heterocycles. The summed E-state index contributed by atoms with van der Waals surface area (Å²) in [6, 6.07) is 11.8. The molecule has 0 saturated carbocycles. The number of pyridine rings is 1. The molecule has 0 spiro atoms. The molecule has 2 aliphatic rings. The van der Waals surface area contributed by atoms with E-state index in [-0.39, 0.29) is 37.3 Å². The van der Waals surface area contributed by atoms with Crippen LogP contribution in [-0.4, -0.2) is 69.3 Å². The number of benzene rings is 1. The van der Waals surface area contributed by atoms with Crippen LogP contribution in [0.5, 0.6) is 0 Å². The number of nitrogens with zero attached hydrogens (tertiary/aromatic N) is 6. The Morgan fingerprint density at radius 1 is 0.944 bits per heavy atom. The fraction of sp³-hybridized carbons (Fsp3) is 0.320. The molecule has 0 atom stereocenters. The first kappa shape index (κ1) is 23.9.